The Bertz CT molecular complexity index is 2080. The summed E-state index contributed by atoms with van der Waals surface area (Å²) in [6.45, 7) is 8.62. The van der Waals surface area contributed by atoms with E-state index in [-0.39, 0.29) is 35.7 Å². The van der Waals surface area contributed by atoms with Gasteiger partial charge in [-0.15, -0.1) is 0 Å². The molecular formula is C40H48N8O6. The quantitative estimate of drug-likeness (QED) is 0.158. The van der Waals surface area contributed by atoms with E-state index in [1.165, 1.54) is 14.2 Å². The molecule has 4 N–H and O–H groups in total. The number of alkyl carbamates (subject to hydrolysis) is 1. The maximum Gasteiger partial charge on any atom is 0.407 e. The molecule has 14 heteroatoms. The second-order valence-corrected chi connectivity index (χ2v) is 14.7. The van der Waals surface area contributed by atoms with Crippen molar-refractivity contribution >= 4 is 35.0 Å². The van der Waals surface area contributed by atoms with Crippen molar-refractivity contribution in [2.75, 3.05) is 27.2 Å². The lowest BCUT2D eigenvalue weighted by molar-refractivity contribution is -0.138. The van der Waals surface area contributed by atoms with Gasteiger partial charge in [0.1, 0.15) is 17.9 Å². The molecule has 1 unspecified atom stereocenters. The van der Waals surface area contributed by atoms with Gasteiger partial charge in [-0.1, -0.05) is 51.7 Å². The molecule has 14 nitrogen and oxygen atoms in total. The van der Waals surface area contributed by atoms with Crippen molar-refractivity contribution in [3.05, 3.63) is 71.4 Å². The number of imidazole rings is 2. The molecule has 6 rings (SSSR count). The molecule has 2 aromatic heterocycles. The van der Waals surface area contributed by atoms with Crippen molar-refractivity contribution in [1.29, 1.82) is 0 Å². The Morgan fingerprint density at radius 1 is 0.926 bits per heavy atom. The molecule has 2 aliphatic rings. The fourth-order valence-corrected chi connectivity index (χ4v) is 7.62. The van der Waals surface area contributed by atoms with E-state index in [1.807, 2.05) is 75.1 Å². The summed E-state index contributed by atoms with van der Waals surface area (Å²) in [6, 6.07) is 11.6. The van der Waals surface area contributed by atoms with Crippen LogP contribution in [-0.4, -0.2) is 103 Å². The third-order valence-corrected chi connectivity index (χ3v) is 10.4. The highest BCUT2D eigenvalue weighted by Crippen LogP contribution is 2.37. The van der Waals surface area contributed by atoms with Gasteiger partial charge in [-0.3, -0.25) is 14.5 Å². The number of carbonyl (C=O) groups is 4. The van der Waals surface area contributed by atoms with Crippen LogP contribution in [0.1, 0.15) is 88.1 Å². The maximum atomic E-state index is 13.6. The molecule has 0 saturated carbocycles. The Labute approximate surface area is 314 Å². The minimum Gasteiger partial charge on any atom is -0.465 e. The van der Waals surface area contributed by atoms with E-state index in [9.17, 15) is 24.3 Å². The van der Waals surface area contributed by atoms with E-state index in [0.717, 1.165) is 69.7 Å². The number of likely N-dealkylation sites (N-methyl/N-ethyl adjacent to an activating group) is 1. The van der Waals surface area contributed by atoms with Crippen molar-refractivity contribution in [1.82, 2.24) is 40.0 Å². The number of carbonyl (C=O) groups excluding carboxylic acids is 3. The van der Waals surface area contributed by atoms with E-state index < -0.39 is 24.3 Å². The molecule has 4 aromatic rings. The number of methoxy groups -OCH3 is 1. The molecule has 54 heavy (non-hydrogen) atoms. The number of H-pyrrole nitrogens is 2. The molecule has 284 valence electrons. The van der Waals surface area contributed by atoms with Crippen LogP contribution in [0.2, 0.25) is 0 Å². The number of benzene rings is 2. The second-order valence-electron chi connectivity index (χ2n) is 14.7. The number of fused-ring (bicyclic) bond motifs is 1. The number of aromatic nitrogens is 4. The van der Waals surface area contributed by atoms with Gasteiger partial charge in [-0.05, 0) is 67.9 Å². The maximum absolute atomic E-state index is 13.6. The van der Waals surface area contributed by atoms with Crippen LogP contribution in [0.4, 0.5) is 9.59 Å². The second kappa shape index (κ2) is 16.0. The largest absolute Gasteiger partial charge is 0.465 e. The number of aromatic amines is 2. The van der Waals surface area contributed by atoms with Gasteiger partial charge in [0.2, 0.25) is 11.8 Å². The fraction of sp³-hybridized carbons (Fsp3) is 0.450. The van der Waals surface area contributed by atoms with E-state index in [1.54, 1.807) is 11.2 Å². The standard InChI is InChI=1S/C40H48N8O6/c1-23(2)32(45-39(51)54-6)37(49)47-19-7-9-30(47)34-33(41-22-42-34)27-16-13-25(14-17-27)11-12-26-15-18-28-29(21-26)44-36(43-28)31-10-8-20-48(31)38(50)35(24(3)4)46(5)40(52)53/h13-18,21-24,30-32,35H,7-10,19-20H2,1-6H3,(H,41,42)(H,43,44)(H,45,51)(H,52,53)/t30?,31-,32-,35-/m0/s1. The summed E-state index contributed by atoms with van der Waals surface area (Å²) in [5.41, 5.74) is 5.69. The Kier molecular flexibility index (Phi) is 11.3. The number of nitrogens with zero attached hydrogens (tertiary/aromatic N) is 5. The Morgan fingerprint density at radius 3 is 2.22 bits per heavy atom. The zero-order valence-electron chi connectivity index (χ0n) is 31.6. The predicted octanol–water partition coefficient (Wildman–Crippen LogP) is 5.69. The van der Waals surface area contributed by atoms with Gasteiger partial charge in [-0.25, -0.2) is 19.6 Å². The fourth-order valence-electron chi connectivity index (χ4n) is 7.62. The number of hydrogen-bond donors (Lipinski definition) is 4. The summed E-state index contributed by atoms with van der Waals surface area (Å²) in [7, 11) is 2.72. The van der Waals surface area contributed by atoms with Gasteiger partial charge in [-0.2, -0.15) is 0 Å². The highest BCUT2D eigenvalue weighted by atomic mass is 16.5. The van der Waals surface area contributed by atoms with Crippen LogP contribution in [0.3, 0.4) is 0 Å². The van der Waals surface area contributed by atoms with E-state index in [2.05, 4.69) is 32.1 Å². The molecule has 2 aromatic carbocycles. The summed E-state index contributed by atoms with van der Waals surface area (Å²) in [6.07, 6.45) is 3.03. The van der Waals surface area contributed by atoms with Gasteiger partial charge in [0, 0.05) is 36.8 Å². The topological polar surface area (TPSA) is 177 Å². The minimum absolute atomic E-state index is 0.120. The number of rotatable bonds is 9. The summed E-state index contributed by atoms with van der Waals surface area (Å²) < 4.78 is 4.76. The third-order valence-electron chi connectivity index (χ3n) is 10.4. The van der Waals surface area contributed by atoms with Gasteiger partial charge in [0.05, 0.1) is 47.9 Å². The molecule has 0 aliphatic carbocycles. The Hall–Kier alpha value is -5.84. The number of likely N-dealkylation sites (tertiary alicyclic amines) is 2. The first-order chi connectivity index (χ1) is 25.9. The van der Waals surface area contributed by atoms with Crippen LogP contribution in [0.5, 0.6) is 0 Å². The monoisotopic (exact) mass is 736 g/mol. The van der Waals surface area contributed by atoms with Crippen LogP contribution in [0.25, 0.3) is 22.3 Å². The molecular weight excluding hydrogens is 688 g/mol. The molecule has 4 atom stereocenters. The van der Waals surface area contributed by atoms with Crippen LogP contribution in [-0.2, 0) is 14.3 Å². The zero-order valence-corrected chi connectivity index (χ0v) is 31.6. The minimum atomic E-state index is -1.13. The zero-order chi connectivity index (χ0) is 38.7. The van der Waals surface area contributed by atoms with Gasteiger partial charge >= 0.3 is 12.2 Å². The first-order valence-electron chi connectivity index (χ1n) is 18.4. The predicted molar refractivity (Wildman–Crippen MR) is 202 cm³/mol. The Balaban J connectivity index is 1.16. The number of ether oxygens (including phenoxy) is 1. The summed E-state index contributed by atoms with van der Waals surface area (Å²) in [4.78, 5) is 71.7. The van der Waals surface area contributed by atoms with Crippen LogP contribution < -0.4 is 5.32 Å². The highest BCUT2D eigenvalue weighted by molar-refractivity contribution is 5.87. The molecule has 2 saturated heterocycles. The summed E-state index contributed by atoms with van der Waals surface area (Å²) >= 11 is 0. The number of amides is 4. The molecule has 4 amide bonds. The van der Waals surface area contributed by atoms with Gasteiger partial charge < -0.3 is 34.9 Å². The van der Waals surface area contributed by atoms with Crippen molar-refractivity contribution in [2.24, 2.45) is 11.8 Å². The molecule has 4 heterocycles. The van der Waals surface area contributed by atoms with Crippen LogP contribution >= 0.6 is 0 Å². The molecule has 2 aliphatic heterocycles. The lowest BCUT2D eigenvalue weighted by atomic mass is 10.00. The molecule has 2 fully saturated rings. The summed E-state index contributed by atoms with van der Waals surface area (Å²) in [5, 5.41) is 12.3. The molecule has 0 radical (unpaired) electrons. The number of hydrogen-bond acceptors (Lipinski definition) is 7. The number of nitrogens with one attached hydrogen (secondary N) is 3. The van der Waals surface area contributed by atoms with Gasteiger partial charge in [0.25, 0.3) is 0 Å². The van der Waals surface area contributed by atoms with Crippen molar-refractivity contribution in [2.45, 2.75) is 77.5 Å². The third kappa shape index (κ3) is 7.76. The van der Waals surface area contributed by atoms with Crippen molar-refractivity contribution in [3.63, 3.8) is 0 Å². The lowest BCUT2D eigenvalue weighted by Gasteiger charge is -2.33. The Morgan fingerprint density at radius 2 is 1.57 bits per heavy atom. The normalized spacial score (nSPS) is 18.1. The highest BCUT2D eigenvalue weighted by Gasteiger charge is 2.40. The van der Waals surface area contributed by atoms with E-state index >= 15 is 0 Å². The lowest BCUT2D eigenvalue weighted by Crippen LogP contribution is -2.51. The summed E-state index contributed by atoms with van der Waals surface area (Å²) in [5.74, 6) is 6.51. The average molecular weight is 737 g/mol. The van der Waals surface area contributed by atoms with E-state index in [0.29, 0.717) is 18.9 Å². The molecule has 0 spiro atoms. The first-order valence-corrected chi connectivity index (χ1v) is 18.4. The van der Waals surface area contributed by atoms with Crippen molar-refractivity contribution in [3.8, 4) is 23.1 Å². The first kappa shape index (κ1) is 37.9. The van der Waals surface area contributed by atoms with E-state index in [4.69, 9.17) is 9.72 Å². The smallest absolute Gasteiger partial charge is 0.407 e. The number of carboxylic acid groups (broad SMARTS) is 1. The van der Waals surface area contributed by atoms with Crippen LogP contribution in [0.15, 0.2) is 48.8 Å². The average Bonchev–Trinajstić information content (AvgIpc) is 3.98. The SMILES string of the molecule is COC(=O)N[C@H](C(=O)N1CCCC1c1[nH]cnc1-c1ccc(C#Cc2ccc3nc([C@@H]4CCCN4C(=O)[C@H](C(C)C)N(C)C(=O)O)[nH]c3c2)cc1)C(C)C. The van der Waals surface area contributed by atoms with Gasteiger partial charge in [0.15, 0.2) is 0 Å². The molecule has 0 bridgehead atoms. The van der Waals surface area contributed by atoms with Crippen molar-refractivity contribution < 1.29 is 29.0 Å². The van der Waals surface area contributed by atoms with Crippen LogP contribution in [0, 0.1) is 23.7 Å².